The summed E-state index contributed by atoms with van der Waals surface area (Å²) < 4.78 is 17.5. The summed E-state index contributed by atoms with van der Waals surface area (Å²) in [7, 11) is 0. The maximum absolute atomic E-state index is 11.8. The summed E-state index contributed by atoms with van der Waals surface area (Å²) in [6.07, 6.45) is -2.30. The Morgan fingerprint density at radius 3 is 2.22 bits per heavy atom. The van der Waals surface area contributed by atoms with Crippen molar-refractivity contribution in [1.29, 1.82) is 0 Å². The summed E-state index contributed by atoms with van der Waals surface area (Å²) in [5.41, 5.74) is 1.02. The van der Waals surface area contributed by atoms with Crippen LogP contribution in [0.3, 0.4) is 0 Å². The average Bonchev–Trinajstić information content (AvgIpc) is 3.00. The summed E-state index contributed by atoms with van der Waals surface area (Å²) in [5.74, 6) is -1.04. The normalized spacial score (nSPS) is 25.0. The van der Waals surface area contributed by atoms with Crippen LogP contribution in [0.5, 0.6) is 0 Å². The van der Waals surface area contributed by atoms with Gasteiger partial charge in [0.2, 0.25) is 0 Å². The lowest BCUT2D eigenvalue weighted by Crippen LogP contribution is -2.51. The summed E-state index contributed by atoms with van der Waals surface area (Å²) >= 11 is 3.14. The molecular formula is C19H20O6S2. The fourth-order valence-corrected chi connectivity index (χ4v) is 5.74. The topological polar surface area (TPSA) is 78.9 Å². The van der Waals surface area contributed by atoms with Crippen LogP contribution in [0.2, 0.25) is 0 Å². The molecule has 1 aliphatic heterocycles. The van der Waals surface area contributed by atoms with Gasteiger partial charge in [-0.2, -0.15) is 0 Å². The molecule has 4 atom stereocenters. The Bertz CT molecular complexity index is 861. The van der Waals surface area contributed by atoms with Crippen molar-refractivity contribution in [2.45, 2.75) is 44.3 Å². The molecule has 0 N–H and O–H groups in total. The molecule has 0 spiro atoms. The van der Waals surface area contributed by atoms with Gasteiger partial charge >= 0.3 is 17.9 Å². The Morgan fingerprint density at radius 1 is 0.926 bits per heavy atom. The largest absolute Gasteiger partial charge is 0.458 e. The van der Waals surface area contributed by atoms with Crippen LogP contribution < -0.4 is 0 Å². The van der Waals surface area contributed by atoms with Crippen molar-refractivity contribution in [2.24, 2.45) is 0 Å². The lowest BCUT2D eigenvalue weighted by Gasteiger charge is -2.40. The zero-order chi connectivity index (χ0) is 19.6. The minimum Gasteiger partial charge on any atom is -0.458 e. The van der Waals surface area contributed by atoms with E-state index in [-0.39, 0.29) is 5.25 Å². The summed E-state index contributed by atoms with van der Waals surface area (Å²) in [6.45, 7) is 3.90. The minimum atomic E-state index is -0.861. The molecule has 27 heavy (non-hydrogen) atoms. The number of ether oxygens (including phenoxy) is 3. The maximum Gasteiger partial charge on any atom is 0.303 e. The van der Waals surface area contributed by atoms with Crippen molar-refractivity contribution in [3.05, 3.63) is 35.2 Å². The summed E-state index contributed by atoms with van der Waals surface area (Å²) in [4.78, 5) is 34.9. The van der Waals surface area contributed by atoms with Crippen LogP contribution in [0.4, 0.5) is 0 Å². The average molecular weight is 408 g/mol. The molecule has 1 saturated heterocycles. The van der Waals surface area contributed by atoms with Gasteiger partial charge in [-0.05, 0) is 22.4 Å². The molecule has 0 saturated carbocycles. The molecule has 1 fully saturated rings. The lowest BCUT2D eigenvalue weighted by atomic mass is 9.98. The third-order valence-electron chi connectivity index (χ3n) is 4.17. The molecular weight excluding hydrogens is 388 g/mol. The van der Waals surface area contributed by atoms with Gasteiger partial charge in [0.05, 0.1) is 5.25 Å². The van der Waals surface area contributed by atoms with Crippen LogP contribution in [0, 0.1) is 0 Å². The Kier molecular flexibility index (Phi) is 6.06. The van der Waals surface area contributed by atoms with E-state index >= 15 is 0 Å². The van der Waals surface area contributed by atoms with Crippen LogP contribution in [0.25, 0.3) is 10.1 Å². The first kappa shape index (κ1) is 19.7. The Morgan fingerprint density at radius 2 is 1.56 bits per heavy atom. The first-order valence-electron chi connectivity index (χ1n) is 8.46. The molecule has 1 aromatic heterocycles. The maximum atomic E-state index is 11.8. The van der Waals surface area contributed by atoms with E-state index in [2.05, 4.69) is 0 Å². The number of carbonyl (C=O) groups is 3. The Hall–Kier alpha value is -2.06. The quantitative estimate of drug-likeness (QED) is 0.566. The second-order valence-electron chi connectivity index (χ2n) is 6.24. The number of esters is 3. The van der Waals surface area contributed by atoms with Gasteiger partial charge in [-0.15, -0.1) is 23.1 Å². The van der Waals surface area contributed by atoms with Gasteiger partial charge in [0.1, 0.15) is 0 Å². The zero-order valence-electron chi connectivity index (χ0n) is 15.2. The molecule has 6 nitrogen and oxygen atoms in total. The first-order valence-corrected chi connectivity index (χ1v) is 10.4. The number of hydrogen-bond acceptors (Lipinski definition) is 8. The number of thiophene rings is 1. The molecule has 1 aliphatic rings. The van der Waals surface area contributed by atoms with Gasteiger partial charge in [0, 0.05) is 31.2 Å². The summed E-state index contributed by atoms with van der Waals surface area (Å²) in [6, 6.07) is 7.98. The van der Waals surface area contributed by atoms with Crippen molar-refractivity contribution >= 4 is 51.1 Å². The first-order chi connectivity index (χ1) is 12.9. The molecule has 2 aromatic rings. The fourth-order valence-electron chi connectivity index (χ4n) is 3.23. The summed E-state index contributed by atoms with van der Waals surface area (Å²) in [5, 5.41) is 2.88. The van der Waals surface area contributed by atoms with Crippen molar-refractivity contribution in [3.8, 4) is 0 Å². The molecule has 3 rings (SSSR count). The van der Waals surface area contributed by atoms with Crippen molar-refractivity contribution < 1.29 is 28.6 Å². The molecule has 1 aromatic carbocycles. The van der Waals surface area contributed by atoms with Gasteiger partial charge < -0.3 is 14.2 Å². The highest BCUT2D eigenvalue weighted by molar-refractivity contribution is 7.99. The van der Waals surface area contributed by atoms with Gasteiger partial charge in [-0.1, -0.05) is 18.2 Å². The van der Waals surface area contributed by atoms with E-state index in [1.165, 1.54) is 32.5 Å². The van der Waals surface area contributed by atoms with Crippen LogP contribution in [-0.4, -0.2) is 42.0 Å². The van der Waals surface area contributed by atoms with E-state index in [1.807, 2.05) is 29.6 Å². The van der Waals surface area contributed by atoms with Crippen molar-refractivity contribution in [1.82, 2.24) is 0 Å². The molecule has 8 heteroatoms. The number of thioether (sulfide) groups is 1. The Balaban J connectivity index is 2.01. The third-order valence-corrected chi connectivity index (χ3v) is 6.55. The second kappa shape index (κ2) is 8.31. The number of fused-ring (bicyclic) bond motifs is 1. The van der Waals surface area contributed by atoms with E-state index in [0.717, 1.165) is 15.6 Å². The highest BCUT2D eigenvalue weighted by atomic mass is 32.2. The van der Waals surface area contributed by atoms with E-state index in [0.29, 0.717) is 5.75 Å². The zero-order valence-corrected chi connectivity index (χ0v) is 16.8. The van der Waals surface area contributed by atoms with Gasteiger partial charge in [-0.3, -0.25) is 14.4 Å². The standard InChI is InChI=1S/C19H20O6S2/c1-10(20)23-15-9-27-19(14-8-26-16-7-5-4-6-13(14)16)18(25-12(3)22)17(15)24-11(2)21/h4-8,15,17-19H,9H2,1-3H3. The van der Waals surface area contributed by atoms with Gasteiger partial charge in [0.25, 0.3) is 0 Å². The number of rotatable bonds is 4. The Labute approximate surface area is 165 Å². The fraction of sp³-hybridized carbons (Fsp3) is 0.421. The van der Waals surface area contributed by atoms with E-state index in [1.54, 1.807) is 11.3 Å². The predicted octanol–water partition coefficient (Wildman–Crippen LogP) is 3.48. The molecule has 0 bridgehead atoms. The van der Waals surface area contributed by atoms with Gasteiger partial charge in [0.15, 0.2) is 18.3 Å². The van der Waals surface area contributed by atoms with E-state index in [4.69, 9.17) is 14.2 Å². The predicted molar refractivity (Wildman–Crippen MR) is 104 cm³/mol. The SMILES string of the molecule is CC(=O)OC1CSC(c2csc3ccccc23)C(OC(C)=O)C1OC(C)=O. The number of carbonyl (C=O) groups excluding carboxylic acids is 3. The van der Waals surface area contributed by atoms with Crippen LogP contribution in [-0.2, 0) is 28.6 Å². The molecule has 0 amide bonds. The highest BCUT2D eigenvalue weighted by Gasteiger charge is 2.47. The number of hydrogen-bond donors (Lipinski definition) is 0. The smallest absolute Gasteiger partial charge is 0.303 e. The third kappa shape index (κ3) is 4.44. The molecule has 0 radical (unpaired) electrons. The molecule has 0 aliphatic carbocycles. The second-order valence-corrected chi connectivity index (χ2v) is 8.32. The lowest BCUT2D eigenvalue weighted by molar-refractivity contribution is -0.182. The van der Waals surface area contributed by atoms with Crippen LogP contribution in [0.1, 0.15) is 31.6 Å². The van der Waals surface area contributed by atoms with Crippen LogP contribution in [0.15, 0.2) is 29.6 Å². The molecule has 2 heterocycles. The van der Waals surface area contributed by atoms with E-state index < -0.39 is 36.2 Å². The van der Waals surface area contributed by atoms with Crippen molar-refractivity contribution in [3.63, 3.8) is 0 Å². The molecule has 4 unspecified atom stereocenters. The number of benzene rings is 1. The minimum absolute atomic E-state index is 0.235. The van der Waals surface area contributed by atoms with E-state index in [9.17, 15) is 14.4 Å². The highest BCUT2D eigenvalue weighted by Crippen LogP contribution is 2.46. The van der Waals surface area contributed by atoms with Crippen molar-refractivity contribution in [2.75, 3.05) is 5.75 Å². The monoisotopic (exact) mass is 408 g/mol. The van der Waals surface area contributed by atoms with Gasteiger partial charge in [-0.25, -0.2) is 0 Å². The molecule has 144 valence electrons. The van der Waals surface area contributed by atoms with Crippen LogP contribution >= 0.6 is 23.1 Å².